The molecule has 0 unspecified atom stereocenters. The van der Waals surface area contributed by atoms with Crippen LogP contribution in [-0.4, -0.2) is 18.9 Å². The lowest BCUT2D eigenvalue weighted by atomic mass is 10.1. The van der Waals surface area contributed by atoms with E-state index in [1.165, 1.54) is 6.42 Å². The van der Waals surface area contributed by atoms with E-state index >= 15 is 0 Å². The SMILES string of the molecule is N=C(N)c1cc(F)c(N2CCCCCCC2)c(F)c1. The van der Waals surface area contributed by atoms with Crippen LogP contribution in [0.25, 0.3) is 0 Å². The van der Waals surface area contributed by atoms with Crippen LogP contribution < -0.4 is 10.6 Å². The number of anilines is 1. The van der Waals surface area contributed by atoms with Gasteiger partial charge in [0.1, 0.15) is 23.2 Å². The highest BCUT2D eigenvalue weighted by Gasteiger charge is 2.19. The monoisotopic (exact) mass is 267 g/mol. The molecule has 0 amide bonds. The Morgan fingerprint density at radius 2 is 1.47 bits per heavy atom. The number of benzene rings is 1. The van der Waals surface area contributed by atoms with Crippen molar-refractivity contribution in [3.8, 4) is 0 Å². The number of rotatable bonds is 2. The van der Waals surface area contributed by atoms with Gasteiger partial charge in [-0.05, 0) is 25.0 Å². The van der Waals surface area contributed by atoms with Gasteiger partial charge in [0.25, 0.3) is 0 Å². The van der Waals surface area contributed by atoms with Gasteiger partial charge >= 0.3 is 0 Å². The summed E-state index contributed by atoms with van der Waals surface area (Å²) < 4.78 is 28.1. The first-order valence-electron chi connectivity index (χ1n) is 6.68. The predicted molar refractivity (Wildman–Crippen MR) is 72.7 cm³/mol. The number of hydrogen-bond donors (Lipinski definition) is 2. The van der Waals surface area contributed by atoms with E-state index in [4.69, 9.17) is 11.1 Å². The Hall–Kier alpha value is -1.65. The summed E-state index contributed by atoms with van der Waals surface area (Å²) in [7, 11) is 0. The van der Waals surface area contributed by atoms with Crippen molar-refractivity contribution in [3.63, 3.8) is 0 Å². The molecule has 2 rings (SSSR count). The predicted octanol–water partition coefficient (Wildman–Crippen LogP) is 3.02. The molecule has 0 radical (unpaired) electrons. The van der Waals surface area contributed by atoms with Crippen molar-refractivity contribution >= 4 is 11.5 Å². The van der Waals surface area contributed by atoms with Crippen molar-refractivity contribution in [2.24, 2.45) is 5.73 Å². The van der Waals surface area contributed by atoms with E-state index in [-0.39, 0.29) is 17.1 Å². The largest absolute Gasteiger partial charge is 0.384 e. The molecule has 1 fully saturated rings. The average molecular weight is 267 g/mol. The Balaban J connectivity index is 2.29. The highest BCUT2D eigenvalue weighted by atomic mass is 19.1. The Morgan fingerprint density at radius 1 is 1.00 bits per heavy atom. The van der Waals surface area contributed by atoms with Crippen molar-refractivity contribution < 1.29 is 8.78 Å². The van der Waals surface area contributed by atoms with Crippen LogP contribution in [0, 0.1) is 17.0 Å². The summed E-state index contributed by atoms with van der Waals surface area (Å²) in [5.41, 5.74) is 5.37. The maximum Gasteiger partial charge on any atom is 0.150 e. The van der Waals surface area contributed by atoms with Crippen molar-refractivity contribution in [1.82, 2.24) is 0 Å². The van der Waals surface area contributed by atoms with E-state index in [9.17, 15) is 8.78 Å². The number of nitrogens with zero attached hydrogens (tertiary/aromatic N) is 1. The van der Waals surface area contributed by atoms with Gasteiger partial charge in [-0.1, -0.05) is 19.3 Å². The van der Waals surface area contributed by atoms with E-state index in [0.717, 1.165) is 37.8 Å². The van der Waals surface area contributed by atoms with Crippen LogP contribution in [0.5, 0.6) is 0 Å². The van der Waals surface area contributed by atoms with Gasteiger partial charge in [-0.25, -0.2) is 8.78 Å². The van der Waals surface area contributed by atoms with E-state index in [0.29, 0.717) is 13.1 Å². The lowest BCUT2D eigenvalue weighted by Gasteiger charge is -2.27. The summed E-state index contributed by atoms with van der Waals surface area (Å²) in [5, 5.41) is 7.24. The van der Waals surface area contributed by atoms with Crippen LogP contribution in [0.2, 0.25) is 0 Å². The van der Waals surface area contributed by atoms with Gasteiger partial charge in [0.2, 0.25) is 0 Å². The molecule has 1 aliphatic heterocycles. The van der Waals surface area contributed by atoms with E-state index in [2.05, 4.69) is 0 Å². The third-order valence-corrected chi connectivity index (χ3v) is 3.50. The van der Waals surface area contributed by atoms with Crippen LogP contribution in [0.4, 0.5) is 14.5 Å². The van der Waals surface area contributed by atoms with E-state index in [1.54, 1.807) is 4.90 Å². The summed E-state index contributed by atoms with van der Waals surface area (Å²) in [6, 6.07) is 2.28. The molecule has 19 heavy (non-hydrogen) atoms. The topological polar surface area (TPSA) is 53.1 Å². The normalized spacial score (nSPS) is 16.8. The Morgan fingerprint density at radius 3 is 1.95 bits per heavy atom. The lowest BCUT2D eigenvalue weighted by molar-refractivity contribution is 0.526. The van der Waals surface area contributed by atoms with Crippen LogP contribution in [0.3, 0.4) is 0 Å². The minimum absolute atomic E-state index is 0.0203. The molecule has 5 heteroatoms. The number of nitrogen functional groups attached to an aromatic ring is 1. The molecule has 0 aromatic heterocycles. The molecular weight excluding hydrogens is 248 g/mol. The molecule has 3 nitrogen and oxygen atoms in total. The maximum atomic E-state index is 14.1. The van der Waals surface area contributed by atoms with Crippen molar-refractivity contribution in [2.75, 3.05) is 18.0 Å². The maximum absolute atomic E-state index is 14.1. The third kappa shape index (κ3) is 3.22. The quantitative estimate of drug-likeness (QED) is 0.639. The van der Waals surface area contributed by atoms with Crippen molar-refractivity contribution in [1.29, 1.82) is 5.41 Å². The van der Waals surface area contributed by atoms with Crippen LogP contribution in [0.1, 0.15) is 37.7 Å². The minimum Gasteiger partial charge on any atom is -0.384 e. The summed E-state index contributed by atoms with van der Waals surface area (Å²) in [5.74, 6) is -1.59. The second-order valence-electron chi connectivity index (χ2n) is 4.96. The van der Waals surface area contributed by atoms with Crippen LogP contribution >= 0.6 is 0 Å². The molecule has 0 saturated carbocycles. The van der Waals surface area contributed by atoms with Gasteiger partial charge in [-0.2, -0.15) is 0 Å². The fraction of sp³-hybridized carbons (Fsp3) is 0.500. The second-order valence-corrected chi connectivity index (χ2v) is 4.96. The highest BCUT2D eigenvalue weighted by Crippen LogP contribution is 2.27. The first-order chi connectivity index (χ1) is 9.09. The lowest BCUT2D eigenvalue weighted by Crippen LogP contribution is -2.29. The first kappa shape index (κ1) is 13.8. The number of halogens is 2. The molecule has 1 saturated heterocycles. The molecular formula is C14H19F2N3. The highest BCUT2D eigenvalue weighted by molar-refractivity contribution is 5.95. The average Bonchev–Trinajstić information content (AvgIpc) is 2.30. The van der Waals surface area contributed by atoms with Gasteiger partial charge in [0.05, 0.1) is 0 Å². The first-order valence-corrected chi connectivity index (χ1v) is 6.68. The molecule has 0 spiro atoms. The number of nitrogens with one attached hydrogen (secondary N) is 1. The number of nitrogens with two attached hydrogens (primary N) is 1. The fourth-order valence-electron chi connectivity index (χ4n) is 2.49. The standard InChI is InChI=1S/C14H19F2N3/c15-11-8-10(14(17)18)9-12(16)13(11)19-6-4-2-1-3-5-7-19/h8-9H,1-7H2,(H3,17,18). The van der Waals surface area contributed by atoms with Gasteiger partial charge in [0.15, 0.2) is 0 Å². The van der Waals surface area contributed by atoms with E-state index in [1.807, 2.05) is 0 Å². The third-order valence-electron chi connectivity index (χ3n) is 3.50. The Labute approximate surface area is 111 Å². The molecule has 1 aromatic carbocycles. The molecule has 3 N–H and O–H groups in total. The molecule has 1 aliphatic rings. The molecule has 1 aromatic rings. The summed E-state index contributed by atoms with van der Waals surface area (Å²) in [4.78, 5) is 1.77. The molecule has 104 valence electrons. The summed E-state index contributed by atoms with van der Waals surface area (Å²) >= 11 is 0. The van der Waals surface area contributed by atoms with Crippen LogP contribution in [0.15, 0.2) is 12.1 Å². The van der Waals surface area contributed by atoms with E-state index < -0.39 is 11.6 Å². The van der Waals surface area contributed by atoms with Crippen LogP contribution in [-0.2, 0) is 0 Å². The number of hydrogen-bond acceptors (Lipinski definition) is 2. The molecule has 0 bridgehead atoms. The number of amidine groups is 1. The van der Waals surface area contributed by atoms with Crippen molar-refractivity contribution in [2.45, 2.75) is 32.1 Å². The minimum atomic E-state index is -0.634. The smallest absolute Gasteiger partial charge is 0.150 e. The molecule has 1 heterocycles. The fourth-order valence-corrected chi connectivity index (χ4v) is 2.49. The summed E-state index contributed by atoms with van der Waals surface area (Å²) in [6.07, 6.45) is 5.30. The van der Waals surface area contributed by atoms with Gasteiger partial charge in [-0.15, -0.1) is 0 Å². The molecule has 0 atom stereocenters. The van der Waals surface area contributed by atoms with Gasteiger partial charge in [0, 0.05) is 18.7 Å². The van der Waals surface area contributed by atoms with Gasteiger partial charge < -0.3 is 10.6 Å². The zero-order valence-corrected chi connectivity index (χ0v) is 10.9. The zero-order valence-electron chi connectivity index (χ0n) is 10.9. The molecule has 0 aliphatic carbocycles. The summed E-state index contributed by atoms with van der Waals surface area (Å²) in [6.45, 7) is 1.35. The second kappa shape index (κ2) is 5.99. The van der Waals surface area contributed by atoms with Crippen molar-refractivity contribution in [3.05, 3.63) is 29.3 Å². The Bertz CT molecular complexity index is 443. The Kier molecular flexibility index (Phi) is 4.35. The zero-order chi connectivity index (χ0) is 13.8. The van der Waals surface area contributed by atoms with Gasteiger partial charge in [-0.3, -0.25) is 5.41 Å².